The molecule has 1 aliphatic heterocycles. The lowest BCUT2D eigenvalue weighted by Gasteiger charge is -2.21. The predicted octanol–water partition coefficient (Wildman–Crippen LogP) is 2.42. The molecule has 2 aromatic rings. The molecule has 6 heteroatoms. The Morgan fingerprint density at radius 3 is 2.63 bits per heavy atom. The van der Waals surface area contributed by atoms with E-state index in [1.807, 2.05) is 31.3 Å². The van der Waals surface area contributed by atoms with Gasteiger partial charge in [0.25, 0.3) is 5.91 Å². The van der Waals surface area contributed by atoms with Crippen molar-refractivity contribution in [1.29, 1.82) is 0 Å². The molecule has 0 bridgehead atoms. The molecule has 2 aromatic carbocycles. The molecule has 1 heterocycles. The maximum atomic E-state index is 11.8. The highest BCUT2D eigenvalue weighted by Gasteiger charge is 2.29. The zero-order valence-electron chi connectivity index (χ0n) is 18.2. The molecule has 1 saturated heterocycles. The standard InChI is InChI=1S/C24H33N5O/c1-18-14-22(17-29(18)16-20-8-5-4-6-9-20)28-24(26-3)27-13-12-19-10-7-11-21(15-19)23(30)25-2/h4-11,15,18,22H,12-14,16-17H2,1-3H3,(H,25,30)(H2,26,27,28). The molecule has 2 atom stereocenters. The maximum absolute atomic E-state index is 11.8. The number of aliphatic imine (C=N–C) groups is 1. The lowest BCUT2D eigenvalue weighted by Crippen LogP contribution is -2.45. The van der Waals surface area contributed by atoms with Crippen LogP contribution in [0.1, 0.15) is 34.8 Å². The Balaban J connectivity index is 1.46. The van der Waals surface area contributed by atoms with Gasteiger partial charge in [-0.1, -0.05) is 42.5 Å². The minimum atomic E-state index is -0.0577. The van der Waals surface area contributed by atoms with E-state index < -0.39 is 0 Å². The molecule has 2 unspecified atom stereocenters. The lowest BCUT2D eigenvalue weighted by atomic mass is 10.1. The summed E-state index contributed by atoms with van der Waals surface area (Å²) in [6.45, 7) is 5.03. The van der Waals surface area contributed by atoms with Crippen LogP contribution in [0.5, 0.6) is 0 Å². The first-order valence-electron chi connectivity index (χ1n) is 10.6. The summed E-state index contributed by atoms with van der Waals surface area (Å²) >= 11 is 0. The van der Waals surface area contributed by atoms with Crippen molar-refractivity contribution in [3.8, 4) is 0 Å². The Bertz CT molecular complexity index is 852. The van der Waals surface area contributed by atoms with Crippen molar-refractivity contribution in [1.82, 2.24) is 20.9 Å². The largest absolute Gasteiger partial charge is 0.356 e. The second kappa shape index (κ2) is 10.8. The van der Waals surface area contributed by atoms with E-state index in [0.29, 0.717) is 17.6 Å². The Kier molecular flexibility index (Phi) is 7.85. The maximum Gasteiger partial charge on any atom is 0.251 e. The van der Waals surface area contributed by atoms with Gasteiger partial charge >= 0.3 is 0 Å². The summed E-state index contributed by atoms with van der Waals surface area (Å²) in [4.78, 5) is 18.7. The monoisotopic (exact) mass is 407 g/mol. The number of nitrogens with one attached hydrogen (secondary N) is 3. The Morgan fingerprint density at radius 1 is 1.13 bits per heavy atom. The number of hydrogen-bond acceptors (Lipinski definition) is 3. The van der Waals surface area contributed by atoms with Crippen molar-refractivity contribution >= 4 is 11.9 Å². The number of guanidine groups is 1. The molecule has 0 radical (unpaired) electrons. The number of carbonyl (C=O) groups excluding carboxylic acids is 1. The molecule has 0 saturated carbocycles. The molecular formula is C24H33N5O. The molecule has 1 fully saturated rings. The third-order valence-corrected chi connectivity index (χ3v) is 5.62. The van der Waals surface area contributed by atoms with Gasteiger partial charge in [0.2, 0.25) is 0 Å². The van der Waals surface area contributed by atoms with Gasteiger partial charge in [0.1, 0.15) is 0 Å². The Labute approximate surface area is 179 Å². The quantitative estimate of drug-likeness (QED) is 0.487. The molecule has 3 rings (SSSR count). The van der Waals surface area contributed by atoms with Gasteiger partial charge in [0.05, 0.1) is 0 Å². The number of benzene rings is 2. The lowest BCUT2D eigenvalue weighted by molar-refractivity contribution is 0.0963. The van der Waals surface area contributed by atoms with Gasteiger partial charge in [0.15, 0.2) is 5.96 Å². The van der Waals surface area contributed by atoms with Crippen LogP contribution in [0, 0.1) is 0 Å². The van der Waals surface area contributed by atoms with Gasteiger partial charge < -0.3 is 16.0 Å². The van der Waals surface area contributed by atoms with E-state index in [4.69, 9.17) is 0 Å². The number of likely N-dealkylation sites (tertiary alicyclic amines) is 1. The van der Waals surface area contributed by atoms with Crippen LogP contribution >= 0.6 is 0 Å². The predicted molar refractivity (Wildman–Crippen MR) is 123 cm³/mol. The summed E-state index contributed by atoms with van der Waals surface area (Å²) in [5.74, 6) is 0.772. The molecule has 0 spiro atoms. The SMILES string of the molecule is CN=C(NCCc1cccc(C(=O)NC)c1)NC1CC(C)N(Cc2ccccc2)C1. The molecule has 6 nitrogen and oxygen atoms in total. The molecule has 160 valence electrons. The molecule has 0 aliphatic carbocycles. The second-order valence-corrected chi connectivity index (χ2v) is 7.87. The Morgan fingerprint density at radius 2 is 1.90 bits per heavy atom. The Hall–Kier alpha value is -2.86. The van der Waals surface area contributed by atoms with Gasteiger partial charge in [-0.25, -0.2) is 0 Å². The third kappa shape index (κ3) is 6.07. The summed E-state index contributed by atoms with van der Waals surface area (Å²) in [6, 6.07) is 19.3. The van der Waals surface area contributed by atoms with Gasteiger partial charge in [-0.15, -0.1) is 0 Å². The zero-order valence-corrected chi connectivity index (χ0v) is 18.2. The van der Waals surface area contributed by atoms with Crippen molar-refractivity contribution in [3.63, 3.8) is 0 Å². The fourth-order valence-corrected chi connectivity index (χ4v) is 3.97. The topological polar surface area (TPSA) is 68.8 Å². The van der Waals surface area contributed by atoms with Crippen LogP contribution < -0.4 is 16.0 Å². The van der Waals surface area contributed by atoms with Crippen LogP contribution in [0.15, 0.2) is 59.6 Å². The van der Waals surface area contributed by atoms with Crippen molar-refractivity contribution in [2.45, 2.75) is 38.4 Å². The highest BCUT2D eigenvalue weighted by atomic mass is 16.1. The zero-order chi connectivity index (χ0) is 21.3. The van der Waals surface area contributed by atoms with Crippen molar-refractivity contribution in [2.75, 3.05) is 27.2 Å². The van der Waals surface area contributed by atoms with Crippen LogP contribution in [-0.2, 0) is 13.0 Å². The average Bonchev–Trinajstić information content (AvgIpc) is 3.11. The van der Waals surface area contributed by atoms with E-state index in [9.17, 15) is 4.79 Å². The first-order chi connectivity index (χ1) is 14.6. The molecule has 30 heavy (non-hydrogen) atoms. The van der Waals surface area contributed by atoms with Crippen LogP contribution in [0.25, 0.3) is 0 Å². The number of amides is 1. The fraction of sp³-hybridized carbons (Fsp3) is 0.417. The summed E-state index contributed by atoms with van der Waals surface area (Å²) in [5.41, 5.74) is 3.17. The van der Waals surface area contributed by atoms with Crippen LogP contribution in [-0.4, -0.2) is 56.0 Å². The fourth-order valence-electron chi connectivity index (χ4n) is 3.97. The molecule has 1 aliphatic rings. The number of nitrogens with zero attached hydrogens (tertiary/aromatic N) is 2. The number of carbonyl (C=O) groups is 1. The number of hydrogen-bond donors (Lipinski definition) is 3. The summed E-state index contributed by atoms with van der Waals surface area (Å²) in [6.07, 6.45) is 1.93. The normalized spacial score (nSPS) is 19.5. The highest BCUT2D eigenvalue weighted by Crippen LogP contribution is 2.20. The third-order valence-electron chi connectivity index (χ3n) is 5.62. The van der Waals surface area contributed by atoms with E-state index in [1.165, 1.54) is 5.56 Å². The van der Waals surface area contributed by atoms with Crippen LogP contribution in [0.2, 0.25) is 0 Å². The van der Waals surface area contributed by atoms with Gasteiger partial charge in [-0.2, -0.15) is 0 Å². The van der Waals surface area contributed by atoms with E-state index in [-0.39, 0.29) is 5.91 Å². The smallest absolute Gasteiger partial charge is 0.251 e. The first kappa shape index (κ1) is 21.8. The van der Waals surface area contributed by atoms with Crippen molar-refractivity contribution < 1.29 is 4.79 Å². The van der Waals surface area contributed by atoms with E-state index in [0.717, 1.165) is 44.0 Å². The average molecular weight is 408 g/mol. The molecule has 3 N–H and O–H groups in total. The van der Waals surface area contributed by atoms with Gasteiger partial charge in [0, 0.05) is 51.4 Å². The van der Waals surface area contributed by atoms with Crippen molar-refractivity contribution in [2.24, 2.45) is 4.99 Å². The minimum Gasteiger partial charge on any atom is -0.356 e. The summed E-state index contributed by atoms with van der Waals surface area (Å²) in [7, 11) is 3.46. The van der Waals surface area contributed by atoms with Gasteiger partial charge in [-0.3, -0.25) is 14.7 Å². The molecular weight excluding hydrogens is 374 g/mol. The minimum absolute atomic E-state index is 0.0577. The number of rotatable bonds is 7. The van der Waals surface area contributed by atoms with E-state index >= 15 is 0 Å². The summed E-state index contributed by atoms with van der Waals surface area (Å²) < 4.78 is 0. The molecule has 1 amide bonds. The molecule has 0 aromatic heterocycles. The van der Waals surface area contributed by atoms with Crippen LogP contribution in [0.3, 0.4) is 0 Å². The first-order valence-corrected chi connectivity index (χ1v) is 10.6. The highest BCUT2D eigenvalue weighted by molar-refractivity contribution is 5.94. The van der Waals surface area contributed by atoms with E-state index in [2.05, 4.69) is 63.1 Å². The second-order valence-electron chi connectivity index (χ2n) is 7.87. The van der Waals surface area contributed by atoms with Crippen molar-refractivity contribution in [3.05, 3.63) is 71.3 Å². The summed E-state index contributed by atoms with van der Waals surface area (Å²) in [5, 5.41) is 9.64. The van der Waals surface area contributed by atoms with E-state index in [1.54, 1.807) is 7.05 Å². The van der Waals surface area contributed by atoms with Crippen LogP contribution in [0.4, 0.5) is 0 Å². The van der Waals surface area contributed by atoms with Gasteiger partial charge in [-0.05, 0) is 43.0 Å².